The molecule has 1 aromatic carbocycles. The van der Waals surface area contributed by atoms with Crippen molar-refractivity contribution in [1.82, 2.24) is 4.98 Å². The minimum atomic E-state index is -0.962. The highest BCUT2D eigenvalue weighted by molar-refractivity contribution is 6.44. The van der Waals surface area contributed by atoms with Crippen LogP contribution in [0.1, 0.15) is 28.0 Å². The van der Waals surface area contributed by atoms with Crippen LogP contribution in [0.25, 0.3) is 0 Å². The summed E-state index contributed by atoms with van der Waals surface area (Å²) in [7, 11) is 0. The third kappa shape index (κ3) is 3.55. The summed E-state index contributed by atoms with van der Waals surface area (Å²) in [4.78, 5) is 27.4. The summed E-state index contributed by atoms with van der Waals surface area (Å²) in [5.41, 5.74) is 6.41. The molecule has 0 aliphatic heterocycles. The normalized spacial score (nSPS) is 10.5. The third-order valence-electron chi connectivity index (χ3n) is 3.02. The maximum absolute atomic E-state index is 12.6. The number of aromatic nitrogens is 1. The number of carboxylic acid groups (broad SMARTS) is 1. The lowest BCUT2D eigenvalue weighted by molar-refractivity contribution is -0.136. The third-order valence-corrected chi connectivity index (χ3v) is 3.84. The molecule has 0 radical (unpaired) electrons. The Morgan fingerprint density at radius 1 is 1.18 bits per heavy atom. The van der Waals surface area contributed by atoms with Crippen molar-refractivity contribution in [2.45, 2.75) is 12.8 Å². The largest absolute Gasteiger partial charge is 0.481 e. The van der Waals surface area contributed by atoms with Gasteiger partial charge in [-0.05, 0) is 30.2 Å². The van der Waals surface area contributed by atoms with Crippen LogP contribution in [-0.4, -0.2) is 21.8 Å². The van der Waals surface area contributed by atoms with Gasteiger partial charge in [0, 0.05) is 12.0 Å². The number of ketones is 1. The first-order valence-electron chi connectivity index (χ1n) is 6.36. The number of hydrogen-bond donors (Lipinski definition) is 2. The van der Waals surface area contributed by atoms with Crippen molar-refractivity contribution in [1.29, 1.82) is 0 Å². The smallest absolute Gasteiger partial charge is 0.303 e. The average Bonchev–Trinajstić information content (AvgIpc) is 2.48. The molecule has 3 N–H and O–H groups in total. The van der Waals surface area contributed by atoms with E-state index in [0.717, 1.165) is 0 Å². The fourth-order valence-corrected chi connectivity index (χ4v) is 2.34. The van der Waals surface area contributed by atoms with Gasteiger partial charge in [-0.25, -0.2) is 4.98 Å². The standard InChI is InChI=1S/C15H12Cl2N2O3/c16-10-3-1-2-9(13(10)17)15(22)14-8(5-7-12(20)21)4-6-11(18)19-14/h1-4,6H,5,7H2,(H2,18,19)(H,20,21). The van der Waals surface area contributed by atoms with Gasteiger partial charge >= 0.3 is 5.97 Å². The highest BCUT2D eigenvalue weighted by Crippen LogP contribution is 2.28. The Kier molecular flexibility index (Phi) is 5.00. The molecule has 0 fully saturated rings. The van der Waals surface area contributed by atoms with E-state index in [2.05, 4.69) is 4.98 Å². The second-order valence-corrected chi connectivity index (χ2v) is 5.35. The topological polar surface area (TPSA) is 93.3 Å². The number of halogens is 2. The molecule has 2 aromatic rings. The molecular weight excluding hydrogens is 327 g/mol. The molecule has 0 aliphatic carbocycles. The minimum Gasteiger partial charge on any atom is -0.481 e. The number of benzene rings is 1. The minimum absolute atomic E-state index is 0.0883. The van der Waals surface area contributed by atoms with E-state index in [4.69, 9.17) is 34.0 Å². The van der Waals surface area contributed by atoms with Gasteiger partial charge in [0.05, 0.1) is 10.0 Å². The predicted octanol–water partition coefficient (Wildman–Crippen LogP) is 3.22. The Morgan fingerprint density at radius 3 is 2.59 bits per heavy atom. The zero-order chi connectivity index (χ0) is 16.3. The SMILES string of the molecule is Nc1ccc(CCC(=O)O)c(C(=O)c2cccc(Cl)c2Cl)n1. The maximum Gasteiger partial charge on any atom is 0.303 e. The number of hydrogen-bond acceptors (Lipinski definition) is 4. The summed E-state index contributed by atoms with van der Waals surface area (Å²) in [6.45, 7) is 0. The summed E-state index contributed by atoms with van der Waals surface area (Å²) in [6.07, 6.45) is 0.0526. The Morgan fingerprint density at radius 2 is 1.91 bits per heavy atom. The fraction of sp³-hybridized carbons (Fsp3) is 0.133. The van der Waals surface area contributed by atoms with E-state index >= 15 is 0 Å². The molecule has 22 heavy (non-hydrogen) atoms. The van der Waals surface area contributed by atoms with E-state index in [1.807, 2.05) is 0 Å². The van der Waals surface area contributed by atoms with E-state index in [1.54, 1.807) is 18.2 Å². The molecule has 0 aliphatic rings. The van der Waals surface area contributed by atoms with Crippen LogP contribution in [0.15, 0.2) is 30.3 Å². The van der Waals surface area contributed by atoms with E-state index < -0.39 is 11.8 Å². The van der Waals surface area contributed by atoms with E-state index in [1.165, 1.54) is 12.1 Å². The quantitative estimate of drug-likeness (QED) is 0.816. The molecule has 2 rings (SSSR count). The van der Waals surface area contributed by atoms with Crippen molar-refractivity contribution in [3.8, 4) is 0 Å². The van der Waals surface area contributed by atoms with Crippen molar-refractivity contribution in [3.05, 3.63) is 57.2 Å². The van der Waals surface area contributed by atoms with Gasteiger partial charge in [0.15, 0.2) is 0 Å². The second kappa shape index (κ2) is 6.77. The van der Waals surface area contributed by atoms with E-state index in [0.29, 0.717) is 5.56 Å². The summed E-state index contributed by atoms with van der Waals surface area (Å²) in [5, 5.41) is 9.17. The number of anilines is 1. The number of aryl methyl sites for hydroxylation is 1. The van der Waals surface area contributed by atoms with Gasteiger partial charge in [0.25, 0.3) is 0 Å². The van der Waals surface area contributed by atoms with Gasteiger partial charge in [0.2, 0.25) is 5.78 Å². The monoisotopic (exact) mass is 338 g/mol. The van der Waals surface area contributed by atoms with Crippen LogP contribution in [0.4, 0.5) is 5.82 Å². The Labute approximate surface area is 136 Å². The Hall–Kier alpha value is -2.11. The molecule has 0 saturated carbocycles. The van der Waals surface area contributed by atoms with Gasteiger partial charge in [-0.3, -0.25) is 9.59 Å². The molecule has 114 valence electrons. The lowest BCUT2D eigenvalue weighted by Crippen LogP contribution is -2.12. The van der Waals surface area contributed by atoms with Crippen LogP contribution < -0.4 is 5.73 Å². The van der Waals surface area contributed by atoms with Gasteiger partial charge < -0.3 is 10.8 Å². The molecule has 1 aromatic heterocycles. The van der Waals surface area contributed by atoms with Crippen LogP contribution in [-0.2, 0) is 11.2 Å². The number of nitrogens with zero attached hydrogens (tertiary/aromatic N) is 1. The molecule has 0 saturated heterocycles. The van der Waals surface area contributed by atoms with Gasteiger partial charge in [-0.15, -0.1) is 0 Å². The van der Waals surface area contributed by atoms with Crippen molar-refractivity contribution in [3.63, 3.8) is 0 Å². The lowest BCUT2D eigenvalue weighted by Gasteiger charge is -2.09. The summed E-state index contributed by atoms with van der Waals surface area (Å²) in [5.74, 6) is -1.24. The zero-order valence-corrected chi connectivity index (χ0v) is 12.9. The number of carbonyl (C=O) groups excluding carboxylic acids is 1. The Balaban J connectivity index is 2.46. The maximum atomic E-state index is 12.6. The lowest BCUT2D eigenvalue weighted by atomic mass is 10.0. The molecule has 0 bridgehead atoms. The van der Waals surface area contributed by atoms with Crippen LogP contribution in [0.3, 0.4) is 0 Å². The number of nitrogen functional groups attached to an aromatic ring is 1. The average molecular weight is 339 g/mol. The van der Waals surface area contributed by atoms with Gasteiger partial charge in [-0.2, -0.15) is 0 Å². The summed E-state index contributed by atoms with van der Waals surface area (Å²) >= 11 is 12.0. The first-order chi connectivity index (χ1) is 10.4. The first kappa shape index (κ1) is 16.3. The van der Waals surface area contributed by atoms with Crippen molar-refractivity contribution in [2.75, 3.05) is 5.73 Å². The van der Waals surface area contributed by atoms with Gasteiger partial charge in [0.1, 0.15) is 11.5 Å². The molecule has 7 heteroatoms. The zero-order valence-electron chi connectivity index (χ0n) is 11.3. The van der Waals surface area contributed by atoms with E-state index in [9.17, 15) is 9.59 Å². The summed E-state index contributed by atoms with van der Waals surface area (Å²) in [6, 6.07) is 7.82. The number of nitrogens with two attached hydrogens (primary N) is 1. The summed E-state index contributed by atoms with van der Waals surface area (Å²) < 4.78 is 0. The highest BCUT2D eigenvalue weighted by atomic mass is 35.5. The van der Waals surface area contributed by atoms with Crippen molar-refractivity contribution < 1.29 is 14.7 Å². The molecule has 0 atom stereocenters. The molecule has 1 heterocycles. The Bertz CT molecular complexity index is 748. The number of carboxylic acids is 1. The number of rotatable bonds is 5. The van der Waals surface area contributed by atoms with Crippen LogP contribution in [0.2, 0.25) is 10.0 Å². The number of pyridine rings is 1. The number of carbonyl (C=O) groups is 2. The van der Waals surface area contributed by atoms with Crippen LogP contribution in [0, 0.1) is 0 Å². The second-order valence-electron chi connectivity index (χ2n) is 4.57. The highest BCUT2D eigenvalue weighted by Gasteiger charge is 2.20. The van der Waals surface area contributed by atoms with Gasteiger partial charge in [-0.1, -0.05) is 35.3 Å². The fourth-order valence-electron chi connectivity index (χ4n) is 1.95. The first-order valence-corrected chi connectivity index (χ1v) is 7.11. The van der Waals surface area contributed by atoms with Crippen molar-refractivity contribution in [2.24, 2.45) is 0 Å². The van der Waals surface area contributed by atoms with E-state index in [-0.39, 0.29) is 40.0 Å². The molecule has 0 unspecified atom stereocenters. The predicted molar refractivity (Wildman–Crippen MR) is 84.5 cm³/mol. The molecule has 0 spiro atoms. The number of aliphatic carboxylic acids is 1. The van der Waals surface area contributed by atoms with Crippen LogP contribution in [0.5, 0.6) is 0 Å². The molecule has 5 nitrogen and oxygen atoms in total. The molecular formula is C15H12Cl2N2O3. The van der Waals surface area contributed by atoms with Crippen LogP contribution >= 0.6 is 23.2 Å². The van der Waals surface area contributed by atoms with Crippen molar-refractivity contribution >= 4 is 40.8 Å². The molecule has 0 amide bonds.